The molecule has 18 heavy (non-hydrogen) atoms. The zero-order valence-electron chi connectivity index (χ0n) is 11.9. The van der Waals surface area contributed by atoms with Crippen molar-refractivity contribution in [2.45, 2.75) is 52.1 Å². The fourth-order valence-corrected chi connectivity index (χ4v) is 1.79. The number of esters is 1. The average Bonchev–Trinajstić information content (AvgIpc) is 2.24. The van der Waals surface area contributed by atoms with Crippen LogP contribution in [-0.4, -0.2) is 36.0 Å². The molecule has 0 aliphatic carbocycles. The molecule has 0 rings (SSSR count). The van der Waals surface area contributed by atoms with Gasteiger partial charge in [0.1, 0.15) is 5.60 Å². The van der Waals surface area contributed by atoms with E-state index in [9.17, 15) is 9.59 Å². The molecule has 0 aromatic heterocycles. The number of rotatable bonds is 8. The Morgan fingerprint density at radius 3 is 2.39 bits per heavy atom. The Morgan fingerprint density at radius 2 is 1.83 bits per heavy atom. The Balaban J connectivity index is 3.55. The van der Waals surface area contributed by atoms with E-state index in [-0.39, 0.29) is 24.7 Å². The monoisotopic (exact) mass is 275 g/mol. The predicted octanol–water partition coefficient (Wildman–Crippen LogP) is 2.37. The van der Waals surface area contributed by atoms with Gasteiger partial charge in [-0.25, -0.2) is 0 Å². The van der Waals surface area contributed by atoms with Gasteiger partial charge in [-0.3, -0.25) is 9.59 Å². The third kappa shape index (κ3) is 11.8. The van der Waals surface area contributed by atoms with Gasteiger partial charge in [0.25, 0.3) is 0 Å². The van der Waals surface area contributed by atoms with Gasteiger partial charge in [0, 0.05) is 13.0 Å². The predicted molar refractivity (Wildman–Crippen MR) is 75.7 cm³/mol. The zero-order chi connectivity index (χ0) is 14.0. The summed E-state index contributed by atoms with van der Waals surface area (Å²) in [7, 11) is 0. The molecule has 1 N–H and O–H groups in total. The number of hydrogen-bond acceptors (Lipinski definition) is 4. The summed E-state index contributed by atoms with van der Waals surface area (Å²) < 4.78 is 5.12. The van der Waals surface area contributed by atoms with Crippen LogP contribution < -0.4 is 5.32 Å². The second kappa shape index (κ2) is 9.25. The first-order chi connectivity index (χ1) is 8.35. The van der Waals surface area contributed by atoms with Crippen LogP contribution in [0.25, 0.3) is 0 Å². The van der Waals surface area contributed by atoms with Crippen LogP contribution in [0.1, 0.15) is 46.5 Å². The molecule has 0 bridgehead atoms. The van der Waals surface area contributed by atoms with Crippen LogP contribution in [-0.2, 0) is 14.3 Å². The van der Waals surface area contributed by atoms with Crippen molar-refractivity contribution >= 4 is 23.6 Å². The minimum absolute atomic E-state index is 0.0787. The summed E-state index contributed by atoms with van der Waals surface area (Å²) in [4.78, 5) is 22.8. The highest BCUT2D eigenvalue weighted by Gasteiger charge is 2.16. The Morgan fingerprint density at radius 1 is 1.17 bits per heavy atom. The first-order valence-corrected chi connectivity index (χ1v) is 7.72. The molecule has 0 saturated heterocycles. The second-order valence-electron chi connectivity index (χ2n) is 5.14. The SMILES string of the molecule is CSCCCCNC(=O)CCC(=O)OC(C)(C)C. The van der Waals surface area contributed by atoms with Crippen molar-refractivity contribution in [2.24, 2.45) is 0 Å². The number of nitrogens with one attached hydrogen (secondary N) is 1. The van der Waals surface area contributed by atoms with E-state index in [2.05, 4.69) is 11.6 Å². The summed E-state index contributed by atoms with van der Waals surface area (Å²) in [5, 5.41) is 2.80. The molecule has 106 valence electrons. The highest BCUT2D eigenvalue weighted by atomic mass is 32.2. The molecule has 0 aromatic rings. The van der Waals surface area contributed by atoms with Gasteiger partial charge in [0.15, 0.2) is 0 Å². The van der Waals surface area contributed by atoms with Gasteiger partial charge in [-0.15, -0.1) is 0 Å². The van der Waals surface area contributed by atoms with E-state index in [1.165, 1.54) is 0 Å². The maximum atomic E-state index is 11.4. The van der Waals surface area contributed by atoms with Crippen LogP contribution in [0.15, 0.2) is 0 Å². The number of ether oxygens (including phenoxy) is 1. The first-order valence-electron chi connectivity index (χ1n) is 6.32. The van der Waals surface area contributed by atoms with Crippen LogP contribution in [0.5, 0.6) is 0 Å². The van der Waals surface area contributed by atoms with Crippen LogP contribution in [0.2, 0.25) is 0 Å². The zero-order valence-corrected chi connectivity index (χ0v) is 12.7. The number of thioether (sulfide) groups is 1. The molecule has 0 aliphatic heterocycles. The number of carbonyl (C=O) groups is 2. The minimum Gasteiger partial charge on any atom is -0.460 e. The molecule has 0 aliphatic rings. The average molecular weight is 275 g/mol. The normalized spacial score (nSPS) is 11.1. The van der Waals surface area contributed by atoms with Crippen molar-refractivity contribution in [1.29, 1.82) is 0 Å². The van der Waals surface area contributed by atoms with E-state index < -0.39 is 5.60 Å². The maximum absolute atomic E-state index is 11.4. The number of unbranched alkanes of at least 4 members (excludes halogenated alkanes) is 1. The molecule has 0 fully saturated rings. The van der Waals surface area contributed by atoms with E-state index in [1.807, 2.05) is 20.8 Å². The molecule has 5 heteroatoms. The molecule has 0 radical (unpaired) electrons. The van der Waals surface area contributed by atoms with Crippen LogP contribution in [0.3, 0.4) is 0 Å². The summed E-state index contributed by atoms with van der Waals surface area (Å²) in [5.41, 5.74) is -0.481. The van der Waals surface area contributed by atoms with E-state index in [1.54, 1.807) is 11.8 Å². The number of amides is 1. The van der Waals surface area contributed by atoms with E-state index in [0.29, 0.717) is 6.54 Å². The largest absolute Gasteiger partial charge is 0.460 e. The van der Waals surface area contributed by atoms with Crippen molar-refractivity contribution in [3.8, 4) is 0 Å². The summed E-state index contributed by atoms with van der Waals surface area (Å²) in [6.45, 7) is 6.14. The van der Waals surface area contributed by atoms with E-state index in [4.69, 9.17) is 4.74 Å². The van der Waals surface area contributed by atoms with Gasteiger partial charge in [-0.1, -0.05) is 0 Å². The molecule has 0 aromatic carbocycles. The molecule has 0 saturated carbocycles. The Labute approximate surface area is 114 Å². The van der Waals surface area contributed by atoms with E-state index >= 15 is 0 Å². The molecular formula is C13H25NO3S. The Kier molecular flexibility index (Phi) is 8.89. The van der Waals surface area contributed by atoms with Gasteiger partial charge in [0.05, 0.1) is 6.42 Å². The van der Waals surface area contributed by atoms with Crippen LogP contribution in [0, 0.1) is 0 Å². The van der Waals surface area contributed by atoms with Gasteiger partial charge >= 0.3 is 5.97 Å². The van der Waals surface area contributed by atoms with Crippen molar-refractivity contribution in [1.82, 2.24) is 5.32 Å². The Hall–Kier alpha value is -0.710. The standard InChI is InChI=1S/C13H25NO3S/c1-13(2,3)17-12(16)8-7-11(15)14-9-5-6-10-18-4/h5-10H2,1-4H3,(H,14,15). The van der Waals surface area contributed by atoms with E-state index in [0.717, 1.165) is 18.6 Å². The third-order valence-corrected chi connectivity index (χ3v) is 2.77. The molecule has 0 atom stereocenters. The van der Waals surface area contributed by atoms with Crippen LogP contribution in [0.4, 0.5) is 0 Å². The fourth-order valence-electron chi connectivity index (χ4n) is 1.30. The van der Waals surface area contributed by atoms with Gasteiger partial charge in [0.2, 0.25) is 5.91 Å². The summed E-state index contributed by atoms with van der Waals surface area (Å²) in [5.74, 6) is 0.721. The topological polar surface area (TPSA) is 55.4 Å². The lowest BCUT2D eigenvalue weighted by Gasteiger charge is -2.19. The van der Waals surface area contributed by atoms with Crippen molar-refractivity contribution in [3.63, 3.8) is 0 Å². The second-order valence-corrected chi connectivity index (χ2v) is 6.12. The summed E-state index contributed by atoms with van der Waals surface area (Å²) >= 11 is 1.81. The third-order valence-electron chi connectivity index (χ3n) is 2.07. The highest BCUT2D eigenvalue weighted by Crippen LogP contribution is 2.09. The summed E-state index contributed by atoms with van der Waals surface area (Å²) in [6.07, 6.45) is 4.51. The van der Waals surface area contributed by atoms with Crippen molar-refractivity contribution in [2.75, 3.05) is 18.6 Å². The first kappa shape index (κ1) is 17.3. The smallest absolute Gasteiger partial charge is 0.306 e. The highest BCUT2D eigenvalue weighted by molar-refractivity contribution is 7.98. The molecule has 0 heterocycles. The molecule has 0 unspecified atom stereocenters. The van der Waals surface area contributed by atoms with Crippen molar-refractivity contribution < 1.29 is 14.3 Å². The molecule has 0 spiro atoms. The summed E-state index contributed by atoms with van der Waals surface area (Å²) in [6, 6.07) is 0. The molecular weight excluding hydrogens is 250 g/mol. The molecule has 1 amide bonds. The van der Waals surface area contributed by atoms with Gasteiger partial charge in [-0.2, -0.15) is 11.8 Å². The fraction of sp³-hybridized carbons (Fsp3) is 0.846. The maximum Gasteiger partial charge on any atom is 0.306 e. The number of hydrogen-bond donors (Lipinski definition) is 1. The lowest BCUT2D eigenvalue weighted by molar-refractivity contribution is -0.155. The molecule has 4 nitrogen and oxygen atoms in total. The Bertz CT molecular complexity index is 261. The lowest BCUT2D eigenvalue weighted by atomic mass is 10.2. The number of carbonyl (C=O) groups excluding carboxylic acids is 2. The quantitative estimate of drug-likeness (QED) is 0.546. The van der Waals surface area contributed by atoms with Gasteiger partial charge < -0.3 is 10.1 Å². The lowest BCUT2D eigenvalue weighted by Crippen LogP contribution is -2.27. The van der Waals surface area contributed by atoms with Gasteiger partial charge in [-0.05, 0) is 45.6 Å². The minimum atomic E-state index is -0.481. The van der Waals surface area contributed by atoms with Crippen LogP contribution >= 0.6 is 11.8 Å². The van der Waals surface area contributed by atoms with Crippen molar-refractivity contribution in [3.05, 3.63) is 0 Å².